The van der Waals surface area contributed by atoms with Crippen LogP contribution in [0.5, 0.6) is 11.5 Å². The molecule has 23 heavy (non-hydrogen) atoms. The van der Waals surface area contributed by atoms with E-state index in [1.165, 1.54) is 0 Å². The van der Waals surface area contributed by atoms with Gasteiger partial charge in [-0.15, -0.1) is 0 Å². The van der Waals surface area contributed by atoms with Crippen molar-refractivity contribution in [3.63, 3.8) is 0 Å². The van der Waals surface area contributed by atoms with Crippen molar-refractivity contribution in [2.75, 3.05) is 31.5 Å². The number of anilines is 1. The lowest BCUT2D eigenvalue weighted by molar-refractivity contribution is 0.0275. The number of likely N-dealkylation sites (tertiary alicyclic amines) is 1. The van der Waals surface area contributed by atoms with Gasteiger partial charge in [0, 0.05) is 25.5 Å². The minimum Gasteiger partial charge on any atom is -0.490 e. The van der Waals surface area contributed by atoms with Gasteiger partial charge in [-0.05, 0) is 32.9 Å². The molecule has 2 aliphatic heterocycles. The molecule has 0 radical (unpaired) electrons. The molecule has 0 aromatic heterocycles. The van der Waals surface area contributed by atoms with Crippen molar-refractivity contribution < 1.29 is 21.7 Å². The van der Waals surface area contributed by atoms with Crippen LogP contribution in [0.25, 0.3) is 0 Å². The summed E-state index contributed by atoms with van der Waals surface area (Å²) in [6, 6.07) is 5.27. The van der Waals surface area contributed by atoms with Gasteiger partial charge in [-0.2, -0.15) is 0 Å². The predicted molar refractivity (Wildman–Crippen MR) is 87.3 cm³/mol. The number of carbonyl (C=O) groups is 1. The summed E-state index contributed by atoms with van der Waals surface area (Å²) in [5.74, 6) is 1.22. The molecule has 2 aliphatic rings. The Kier molecular flexibility index (Phi) is 3.58. The van der Waals surface area contributed by atoms with Crippen LogP contribution < -0.4 is 14.8 Å². The monoisotopic (exact) mass is 322 g/mol. The maximum absolute atomic E-state index is 12.1. The van der Waals surface area contributed by atoms with Crippen LogP contribution in [-0.2, 0) is 4.74 Å². The highest BCUT2D eigenvalue weighted by Crippen LogP contribution is 2.32. The molecule has 1 atom stereocenters. The van der Waals surface area contributed by atoms with Gasteiger partial charge in [0.1, 0.15) is 29.8 Å². The molecule has 6 heteroatoms. The zero-order valence-electron chi connectivity index (χ0n) is 15.7. The lowest BCUT2D eigenvalue weighted by Crippen LogP contribution is -2.36. The van der Waals surface area contributed by atoms with Gasteiger partial charge in [-0.25, -0.2) is 4.79 Å². The second-order valence-corrected chi connectivity index (χ2v) is 6.70. The number of amides is 1. The first-order valence-electron chi connectivity index (χ1n) is 8.81. The summed E-state index contributed by atoms with van der Waals surface area (Å²) in [6.07, 6.45) is 0.278. The fourth-order valence-corrected chi connectivity index (χ4v) is 2.56. The van der Waals surface area contributed by atoms with Crippen LogP contribution in [0.2, 0.25) is 0 Å². The molecule has 1 N–H and O–H groups in total. The third-order valence-electron chi connectivity index (χ3n) is 3.57. The molecule has 0 aliphatic carbocycles. The van der Waals surface area contributed by atoms with Gasteiger partial charge in [-0.1, -0.05) is 0 Å². The quantitative estimate of drug-likeness (QED) is 0.907. The van der Waals surface area contributed by atoms with Gasteiger partial charge >= 0.3 is 6.09 Å². The van der Waals surface area contributed by atoms with Crippen molar-refractivity contribution in [1.29, 1.82) is 0 Å². The number of fused-ring (bicyclic) bond motifs is 1. The second-order valence-electron chi connectivity index (χ2n) is 6.70. The van der Waals surface area contributed by atoms with Crippen LogP contribution in [0.1, 0.15) is 29.9 Å². The molecule has 1 saturated heterocycles. The number of carbonyl (C=O) groups excluding carboxylic acids is 1. The van der Waals surface area contributed by atoms with E-state index in [4.69, 9.17) is 17.0 Å². The number of rotatable bonds is 2. The van der Waals surface area contributed by atoms with Gasteiger partial charge in [0.15, 0.2) is 0 Å². The molecule has 2 heterocycles. The molecular formula is C17H24N2O4. The Balaban J connectivity index is 1.60. The average molecular weight is 322 g/mol. The van der Waals surface area contributed by atoms with Crippen LogP contribution in [0.15, 0.2) is 18.2 Å². The summed E-state index contributed by atoms with van der Waals surface area (Å²) in [4.78, 5) is 13.7. The number of nitrogens with zero attached hydrogens (tertiary/aromatic N) is 1. The Morgan fingerprint density at radius 1 is 1.48 bits per heavy atom. The van der Waals surface area contributed by atoms with Crippen LogP contribution in [0, 0.1) is 0 Å². The molecule has 0 unspecified atom stereocenters. The van der Waals surface area contributed by atoms with E-state index < -0.39 is 12.1 Å². The maximum Gasteiger partial charge on any atom is 0.410 e. The normalized spacial score (nSPS) is 23.8. The third-order valence-corrected chi connectivity index (χ3v) is 3.57. The molecule has 0 saturated carbocycles. The molecule has 1 fully saturated rings. The molecule has 1 aromatic carbocycles. The average Bonchev–Trinajstić information content (AvgIpc) is 2.93. The van der Waals surface area contributed by atoms with E-state index in [1.54, 1.807) is 23.1 Å². The summed E-state index contributed by atoms with van der Waals surface area (Å²) in [7, 11) is 0. The van der Waals surface area contributed by atoms with E-state index in [0.29, 0.717) is 30.3 Å². The number of hydrogen-bond donors (Lipinski definition) is 1. The van der Waals surface area contributed by atoms with Crippen molar-refractivity contribution in [2.24, 2.45) is 0 Å². The maximum atomic E-state index is 12.1. The Morgan fingerprint density at radius 3 is 3.09 bits per heavy atom. The lowest BCUT2D eigenvalue weighted by Gasteiger charge is -2.24. The van der Waals surface area contributed by atoms with E-state index in [-0.39, 0.29) is 18.8 Å². The fourth-order valence-electron chi connectivity index (χ4n) is 2.56. The van der Waals surface area contributed by atoms with Gasteiger partial charge < -0.3 is 24.4 Å². The topological polar surface area (TPSA) is 60.0 Å². The van der Waals surface area contributed by atoms with Crippen molar-refractivity contribution in [1.82, 2.24) is 4.90 Å². The minimum atomic E-state index is -1.60. The smallest absolute Gasteiger partial charge is 0.410 e. The Bertz CT molecular complexity index is 661. The van der Waals surface area contributed by atoms with E-state index in [0.717, 1.165) is 6.42 Å². The highest BCUT2D eigenvalue weighted by atomic mass is 16.6. The Labute approximate surface area is 139 Å². The summed E-state index contributed by atoms with van der Waals surface area (Å²) >= 11 is 0. The fraction of sp³-hybridized carbons (Fsp3) is 0.588. The number of benzene rings is 1. The molecule has 1 amide bonds. The first-order chi connectivity index (χ1) is 11.6. The predicted octanol–water partition coefficient (Wildman–Crippen LogP) is 2.88. The van der Waals surface area contributed by atoms with E-state index in [1.807, 2.05) is 20.8 Å². The Hall–Kier alpha value is -2.11. The van der Waals surface area contributed by atoms with Gasteiger partial charge in [0.25, 0.3) is 0 Å². The van der Waals surface area contributed by atoms with Crippen LogP contribution in [0.4, 0.5) is 10.5 Å². The standard InChI is InChI=1S/C17H24N2O4/c1-17(2,3)23-16(20)19-8-6-13(11-19)22-12-4-5-15-14(10-12)18-7-9-21-15/h4-5,10,13,18H,6-9,11H2,1-3H3/t13-/m0/s1/i7D2. The SMILES string of the molecule is [2H]C1([2H])COc2ccc(O[C@H]3CCN(C(=O)OC(C)(C)C)C3)cc2N1. The summed E-state index contributed by atoms with van der Waals surface area (Å²) < 4.78 is 32.2. The zero-order chi connectivity index (χ0) is 18.2. The molecular weight excluding hydrogens is 296 g/mol. The highest BCUT2D eigenvalue weighted by molar-refractivity contribution is 5.68. The van der Waals surface area contributed by atoms with Crippen LogP contribution >= 0.6 is 0 Å². The molecule has 126 valence electrons. The molecule has 3 rings (SSSR count). The number of nitrogens with one attached hydrogen (secondary N) is 1. The third kappa shape index (κ3) is 4.00. The molecule has 0 spiro atoms. The van der Waals surface area contributed by atoms with Crippen LogP contribution in [0.3, 0.4) is 0 Å². The molecule has 1 aromatic rings. The van der Waals surface area contributed by atoms with Crippen molar-refractivity contribution >= 4 is 11.8 Å². The summed E-state index contributed by atoms with van der Waals surface area (Å²) in [6.45, 7) is 4.95. The van der Waals surface area contributed by atoms with Gasteiger partial charge in [0.05, 0.1) is 15.0 Å². The summed E-state index contributed by atoms with van der Waals surface area (Å²) in [5.41, 5.74) is 0.0508. The molecule has 0 bridgehead atoms. The van der Waals surface area contributed by atoms with E-state index in [2.05, 4.69) is 5.32 Å². The van der Waals surface area contributed by atoms with Crippen molar-refractivity contribution in [3.8, 4) is 11.5 Å². The van der Waals surface area contributed by atoms with Gasteiger partial charge in [-0.3, -0.25) is 0 Å². The lowest BCUT2D eigenvalue weighted by atomic mass is 10.2. The van der Waals surface area contributed by atoms with Gasteiger partial charge in [0.2, 0.25) is 0 Å². The van der Waals surface area contributed by atoms with Crippen LogP contribution in [-0.4, -0.2) is 48.9 Å². The minimum absolute atomic E-state index is 0.0341. The number of ether oxygens (including phenoxy) is 3. The van der Waals surface area contributed by atoms with Crippen molar-refractivity contribution in [3.05, 3.63) is 18.2 Å². The zero-order valence-corrected chi connectivity index (χ0v) is 13.7. The summed E-state index contributed by atoms with van der Waals surface area (Å²) in [5, 5.41) is 2.80. The van der Waals surface area contributed by atoms with E-state index in [9.17, 15) is 4.79 Å². The molecule has 6 nitrogen and oxygen atoms in total. The van der Waals surface area contributed by atoms with E-state index >= 15 is 0 Å². The largest absolute Gasteiger partial charge is 0.490 e. The first kappa shape index (κ1) is 13.3. The highest BCUT2D eigenvalue weighted by Gasteiger charge is 2.31. The first-order valence-corrected chi connectivity index (χ1v) is 7.81. The second kappa shape index (κ2) is 6.18. The number of hydrogen-bond acceptors (Lipinski definition) is 5. The Morgan fingerprint density at radius 2 is 2.30 bits per heavy atom. The van der Waals surface area contributed by atoms with Crippen molar-refractivity contribution in [2.45, 2.75) is 38.9 Å².